The molecule has 6 nitrogen and oxygen atoms in total. The number of halogens is 1. The summed E-state index contributed by atoms with van der Waals surface area (Å²) in [7, 11) is 1.37. The Labute approximate surface area is 113 Å². The lowest BCUT2D eigenvalue weighted by molar-refractivity contribution is -0.384. The minimum absolute atomic E-state index is 0.108. The number of ether oxygens (including phenoxy) is 1. The minimum Gasteiger partial charge on any atom is -0.496 e. The Morgan fingerprint density at radius 1 is 1.56 bits per heavy atom. The van der Waals surface area contributed by atoms with Crippen LogP contribution in [0.4, 0.5) is 5.69 Å². The zero-order valence-electron chi connectivity index (χ0n) is 9.81. The van der Waals surface area contributed by atoms with Gasteiger partial charge in [-0.05, 0) is 12.5 Å². The maximum absolute atomic E-state index is 11.8. The van der Waals surface area contributed by atoms with Crippen molar-refractivity contribution in [2.45, 2.75) is 6.42 Å². The molecule has 0 saturated carbocycles. The lowest BCUT2D eigenvalue weighted by atomic mass is 10.1. The monoisotopic (exact) mass is 316 g/mol. The quantitative estimate of drug-likeness (QED) is 0.377. The normalized spacial score (nSPS) is 9.89. The average Bonchev–Trinajstić information content (AvgIpc) is 2.38. The number of nitrogens with one attached hydrogen (secondary N) is 1. The summed E-state index contributed by atoms with van der Waals surface area (Å²) in [5.41, 5.74) is 0.182. The molecule has 7 heteroatoms. The Hall–Kier alpha value is -1.63. The van der Waals surface area contributed by atoms with E-state index < -0.39 is 4.92 Å². The molecule has 0 heterocycles. The molecular formula is C11H13BrN2O4. The van der Waals surface area contributed by atoms with E-state index in [-0.39, 0.29) is 22.9 Å². The number of nitro groups is 1. The second kappa shape index (κ2) is 6.95. The molecule has 0 spiro atoms. The third kappa shape index (κ3) is 3.69. The van der Waals surface area contributed by atoms with Crippen molar-refractivity contribution < 1.29 is 14.5 Å². The highest BCUT2D eigenvalue weighted by atomic mass is 79.9. The molecule has 0 radical (unpaired) electrons. The van der Waals surface area contributed by atoms with Gasteiger partial charge in [-0.3, -0.25) is 14.9 Å². The lowest BCUT2D eigenvalue weighted by Gasteiger charge is -2.08. The van der Waals surface area contributed by atoms with E-state index in [2.05, 4.69) is 21.2 Å². The summed E-state index contributed by atoms with van der Waals surface area (Å²) in [5.74, 6) is -0.108. The number of nitro benzene ring substituents is 1. The van der Waals surface area contributed by atoms with Gasteiger partial charge in [-0.25, -0.2) is 0 Å². The Bertz CT molecular complexity index is 451. The van der Waals surface area contributed by atoms with Crippen LogP contribution in [0.15, 0.2) is 18.2 Å². The molecular weight excluding hydrogens is 304 g/mol. The van der Waals surface area contributed by atoms with Crippen molar-refractivity contribution in [2.24, 2.45) is 0 Å². The van der Waals surface area contributed by atoms with Gasteiger partial charge in [0.25, 0.3) is 11.6 Å². The Morgan fingerprint density at radius 2 is 2.28 bits per heavy atom. The fourth-order valence-electron chi connectivity index (χ4n) is 1.35. The first-order valence-corrected chi connectivity index (χ1v) is 6.39. The first kappa shape index (κ1) is 14.4. The summed E-state index contributed by atoms with van der Waals surface area (Å²) in [6, 6.07) is 3.90. The van der Waals surface area contributed by atoms with Gasteiger partial charge in [-0.15, -0.1) is 0 Å². The van der Waals surface area contributed by atoms with E-state index in [4.69, 9.17) is 4.74 Å². The van der Waals surface area contributed by atoms with Crippen molar-refractivity contribution in [1.29, 1.82) is 0 Å². The molecule has 0 aliphatic rings. The van der Waals surface area contributed by atoms with Gasteiger partial charge in [0.1, 0.15) is 5.75 Å². The standard InChI is InChI=1S/C11H13BrN2O4/c1-18-10-7-8(14(16)17)3-4-9(10)11(15)13-6-2-5-12/h3-4,7H,2,5-6H2,1H3,(H,13,15). The molecule has 1 aromatic carbocycles. The van der Waals surface area contributed by atoms with Crippen LogP contribution in [-0.2, 0) is 0 Å². The highest BCUT2D eigenvalue weighted by Crippen LogP contribution is 2.24. The van der Waals surface area contributed by atoms with Crippen LogP contribution in [0.2, 0.25) is 0 Å². The highest BCUT2D eigenvalue weighted by molar-refractivity contribution is 9.09. The summed E-state index contributed by atoms with van der Waals surface area (Å²) in [6.45, 7) is 0.532. The van der Waals surface area contributed by atoms with E-state index in [0.717, 1.165) is 11.8 Å². The number of hydrogen-bond acceptors (Lipinski definition) is 4. The van der Waals surface area contributed by atoms with Gasteiger partial charge < -0.3 is 10.1 Å². The maximum atomic E-state index is 11.8. The van der Waals surface area contributed by atoms with Gasteiger partial charge in [-0.2, -0.15) is 0 Å². The van der Waals surface area contributed by atoms with Crippen LogP contribution < -0.4 is 10.1 Å². The fraction of sp³-hybridized carbons (Fsp3) is 0.364. The van der Waals surface area contributed by atoms with Gasteiger partial charge in [0, 0.05) is 17.9 Å². The van der Waals surface area contributed by atoms with Crippen LogP contribution in [0.3, 0.4) is 0 Å². The number of carbonyl (C=O) groups excluding carboxylic acids is 1. The first-order chi connectivity index (χ1) is 8.60. The molecule has 0 fully saturated rings. The van der Waals surface area contributed by atoms with Crippen LogP contribution in [0.1, 0.15) is 16.8 Å². The van der Waals surface area contributed by atoms with Gasteiger partial charge >= 0.3 is 0 Å². The smallest absolute Gasteiger partial charge is 0.273 e. The van der Waals surface area contributed by atoms with Crippen molar-refractivity contribution in [2.75, 3.05) is 19.0 Å². The van der Waals surface area contributed by atoms with E-state index >= 15 is 0 Å². The number of methoxy groups -OCH3 is 1. The zero-order chi connectivity index (χ0) is 13.5. The van der Waals surface area contributed by atoms with Gasteiger partial charge in [0.05, 0.1) is 23.7 Å². The summed E-state index contributed by atoms with van der Waals surface area (Å²) < 4.78 is 4.99. The number of alkyl halides is 1. The van der Waals surface area contributed by atoms with E-state index in [9.17, 15) is 14.9 Å². The molecule has 0 atom stereocenters. The van der Waals surface area contributed by atoms with Crippen molar-refractivity contribution >= 4 is 27.5 Å². The Kier molecular flexibility index (Phi) is 5.57. The molecule has 0 unspecified atom stereocenters. The van der Waals surface area contributed by atoms with E-state index in [0.29, 0.717) is 6.54 Å². The Balaban J connectivity index is 2.88. The topological polar surface area (TPSA) is 81.5 Å². The highest BCUT2D eigenvalue weighted by Gasteiger charge is 2.16. The van der Waals surface area contributed by atoms with E-state index in [1.54, 1.807) is 0 Å². The number of non-ortho nitro benzene ring substituents is 1. The maximum Gasteiger partial charge on any atom is 0.273 e. The lowest BCUT2D eigenvalue weighted by Crippen LogP contribution is -2.25. The Morgan fingerprint density at radius 3 is 2.83 bits per heavy atom. The number of carbonyl (C=O) groups is 1. The summed E-state index contributed by atoms with van der Waals surface area (Å²) >= 11 is 3.26. The summed E-state index contributed by atoms with van der Waals surface area (Å²) in [4.78, 5) is 21.9. The third-order valence-electron chi connectivity index (χ3n) is 2.24. The van der Waals surface area contributed by atoms with Gasteiger partial charge in [-0.1, -0.05) is 15.9 Å². The van der Waals surface area contributed by atoms with Gasteiger partial charge in [0.15, 0.2) is 0 Å². The predicted molar refractivity (Wildman–Crippen MR) is 70.4 cm³/mol. The molecule has 1 N–H and O–H groups in total. The van der Waals surface area contributed by atoms with Crippen LogP contribution in [0.5, 0.6) is 5.75 Å². The second-order valence-corrected chi connectivity index (χ2v) is 4.23. The molecule has 1 aromatic rings. The molecule has 0 bridgehead atoms. The number of rotatable bonds is 6. The van der Waals surface area contributed by atoms with E-state index in [1.807, 2.05) is 0 Å². The zero-order valence-corrected chi connectivity index (χ0v) is 11.4. The number of hydrogen-bond donors (Lipinski definition) is 1. The molecule has 1 rings (SSSR count). The predicted octanol–water partition coefficient (Wildman–Crippen LogP) is 2.12. The van der Waals surface area contributed by atoms with Crippen molar-refractivity contribution in [1.82, 2.24) is 5.32 Å². The molecule has 0 aliphatic heterocycles. The molecule has 98 valence electrons. The van der Waals surface area contributed by atoms with Crippen LogP contribution in [0, 0.1) is 10.1 Å². The number of amides is 1. The summed E-state index contributed by atoms with van der Waals surface area (Å²) in [5, 5.41) is 14.1. The second-order valence-electron chi connectivity index (χ2n) is 3.44. The first-order valence-electron chi connectivity index (χ1n) is 5.26. The number of benzene rings is 1. The van der Waals surface area contributed by atoms with Crippen LogP contribution in [0.25, 0.3) is 0 Å². The van der Waals surface area contributed by atoms with Crippen molar-refractivity contribution in [3.05, 3.63) is 33.9 Å². The average molecular weight is 317 g/mol. The van der Waals surface area contributed by atoms with Crippen LogP contribution in [-0.4, -0.2) is 29.8 Å². The largest absolute Gasteiger partial charge is 0.496 e. The van der Waals surface area contributed by atoms with E-state index in [1.165, 1.54) is 25.3 Å². The minimum atomic E-state index is -0.533. The molecule has 0 aliphatic carbocycles. The molecule has 0 saturated heterocycles. The molecule has 18 heavy (non-hydrogen) atoms. The van der Waals surface area contributed by atoms with Crippen molar-refractivity contribution in [3.8, 4) is 5.75 Å². The molecule has 0 aromatic heterocycles. The van der Waals surface area contributed by atoms with Crippen molar-refractivity contribution in [3.63, 3.8) is 0 Å². The fourth-order valence-corrected chi connectivity index (χ4v) is 1.63. The summed E-state index contributed by atoms with van der Waals surface area (Å²) in [6.07, 6.45) is 0.807. The number of nitrogens with zero attached hydrogens (tertiary/aromatic N) is 1. The van der Waals surface area contributed by atoms with Crippen LogP contribution >= 0.6 is 15.9 Å². The third-order valence-corrected chi connectivity index (χ3v) is 2.80. The SMILES string of the molecule is COc1cc([N+](=O)[O-])ccc1C(=O)NCCCBr. The molecule has 1 amide bonds. The van der Waals surface area contributed by atoms with Gasteiger partial charge in [0.2, 0.25) is 0 Å².